The SMILES string of the molecule is O=C(NCCO)C1=C[C@@H](N(Cc2ccccc2F)C(=O)CC2CC3CCC2C3)[C@H](O)[C@H]2Oc3ccccc3[C@@H]12. The number of carbonyl (C=O) groups is 2. The van der Waals surface area contributed by atoms with Gasteiger partial charge >= 0.3 is 0 Å². The van der Waals surface area contributed by atoms with Gasteiger partial charge in [0.05, 0.1) is 18.6 Å². The molecule has 7 atom stereocenters. The molecule has 0 radical (unpaired) electrons. The Hall–Kier alpha value is -3.23. The van der Waals surface area contributed by atoms with Crippen LogP contribution in [0.25, 0.3) is 0 Å². The Labute approximate surface area is 227 Å². The molecule has 3 N–H and O–H groups in total. The minimum atomic E-state index is -1.13. The Balaban J connectivity index is 1.37. The van der Waals surface area contributed by atoms with Gasteiger partial charge in [0.1, 0.15) is 23.8 Å². The monoisotopic (exact) mass is 534 g/mol. The summed E-state index contributed by atoms with van der Waals surface area (Å²) in [6.45, 7) is -0.167. The summed E-state index contributed by atoms with van der Waals surface area (Å²) < 4.78 is 21.0. The number of aliphatic hydroxyl groups is 2. The van der Waals surface area contributed by atoms with Crippen LogP contribution >= 0.6 is 0 Å². The van der Waals surface area contributed by atoms with Gasteiger partial charge in [-0.15, -0.1) is 0 Å². The highest BCUT2D eigenvalue weighted by Gasteiger charge is 2.51. The molecule has 0 spiro atoms. The molecule has 7 nitrogen and oxygen atoms in total. The molecular weight excluding hydrogens is 499 g/mol. The zero-order valence-electron chi connectivity index (χ0n) is 21.8. The van der Waals surface area contributed by atoms with Crippen molar-refractivity contribution in [1.82, 2.24) is 10.2 Å². The second-order valence-electron chi connectivity index (χ2n) is 11.4. The summed E-state index contributed by atoms with van der Waals surface area (Å²) in [4.78, 5) is 28.9. The van der Waals surface area contributed by atoms with Gasteiger partial charge in [-0.2, -0.15) is 0 Å². The number of carbonyl (C=O) groups excluding carboxylic acids is 2. The van der Waals surface area contributed by atoms with Crippen LogP contribution in [0.3, 0.4) is 0 Å². The van der Waals surface area contributed by atoms with Crippen molar-refractivity contribution in [3.8, 4) is 5.75 Å². The van der Waals surface area contributed by atoms with E-state index in [0.717, 1.165) is 18.4 Å². The molecule has 2 bridgehead atoms. The predicted octanol–water partition coefficient (Wildman–Crippen LogP) is 3.30. The molecule has 2 aromatic rings. The summed E-state index contributed by atoms with van der Waals surface area (Å²) in [6.07, 6.45) is 4.65. The zero-order valence-corrected chi connectivity index (χ0v) is 21.8. The number of fused-ring (bicyclic) bond motifs is 5. The number of hydrogen-bond acceptors (Lipinski definition) is 5. The van der Waals surface area contributed by atoms with E-state index in [9.17, 15) is 24.2 Å². The number of nitrogens with one attached hydrogen (secondary N) is 1. The van der Waals surface area contributed by atoms with Crippen molar-refractivity contribution in [2.45, 2.75) is 62.8 Å². The van der Waals surface area contributed by atoms with Gasteiger partial charge in [-0.1, -0.05) is 42.8 Å². The highest BCUT2D eigenvalue weighted by Crippen LogP contribution is 2.50. The van der Waals surface area contributed by atoms with Crippen LogP contribution in [-0.4, -0.2) is 58.3 Å². The second-order valence-corrected chi connectivity index (χ2v) is 11.4. The van der Waals surface area contributed by atoms with Crippen molar-refractivity contribution in [3.05, 3.63) is 77.1 Å². The Morgan fingerprint density at radius 2 is 1.87 bits per heavy atom. The number of nitrogens with zero attached hydrogens (tertiary/aromatic N) is 1. The van der Waals surface area contributed by atoms with Crippen LogP contribution in [0.4, 0.5) is 4.39 Å². The Morgan fingerprint density at radius 1 is 1.08 bits per heavy atom. The topological polar surface area (TPSA) is 99.1 Å². The molecule has 2 fully saturated rings. The number of benzene rings is 2. The highest BCUT2D eigenvalue weighted by atomic mass is 19.1. The van der Waals surface area contributed by atoms with Crippen molar-refractivity contribution in [1.29, 1.82) is 0 Å². The molecule has 8 heteroatoms. The largest absolute Gasteiger partial charge is 0.486 e. The minimum absolute atomic E-state index is 0.0274. The van der Waals surface area contributed by atoms with E-state index in [4.69, 9.17) is 4.74 Å². The van der Waals surface area contributed by atoms with Gasteiger partial charge in [0, 0.05) is 36.2 Å². The van der Waals surface area contributed by atoms with E-state index in [2.05, 4.69) is 5.32 Å². The number of aliphatic hydroxyl groups excluding tert-OH is 2. The third kappa shape index (κ3) is 4.85. The number of amides is 2. The number of para-hydroxylation sites is 1. The Kier molecular flexibility index (Phi) is 7.16. The van der Waals surface area contributed by atoms with Gasteiger partial charge < -0.3 is 25.2 Å². The van der Waals surface area contributed by atoms with Crippen LogP contribution in [0.5, 0.6) is 5.75 Å². The molecule has 6 rings (SSSR count). The molecule has 39 heavy (non-hydrogen) atoms. The number of ether oxygens (including phenoxy) is 1. The lowest BCUT2D eigenvalue weighted by molar-refractivity contribution is -0.139. The summed E-state index contributed by atoms with van der Waals surface area (Å²) in [5.74, 6) is 0.606. The van der Waals surface area contributed by atoms with Gasteiger partial charge in [-0.25, -0.2) is 4.39 Å². The quantitative estimate of drug-likeness (QED) is 0.483. The molecule has 1 aliphatic heterocycles. The maximum atomic E-state index is 14.8. The van der Waals surface area contributed by atoms with Crippen molar-refractivity contribution in [2.75, 3.05) is 13.2 Å². The fourth-order valence-electron chi connectivity index (χ4n) is 7.33. The molecule has 1 heterocycles. The lowest BCUT2D eigenvalue weighted by Gasteiger charge is -2.41. The fourth-order valence-corrected chi connectivity index (χ4v) is 7.33. The first-order valence-electron chi connectivity index (χ1n) is 14.0. The van der Waals surface area contributed by atoms with Crippen LogP contribution in [0.15, 0.2) is 60.2 Å². The van der Waals surface area contributed by atoms with E-state index in [0.29, 0.717) is 35.1 Å². The molecule has 2 amide bonds. The van der Waals surface area contributed by atoms with Crippen molar-refractivity contribution < 1.29 is 28.9 Å². The van der Waals surface area contributed by atoms with Crippen LogP contribution in [0, 0.1) is 23.6 Å². The third-order valence-corrected chi connectivity index (χ3v) is 9.18. The van der Waals surface area contributed by atoms with E-state index in [1.807, 2.05) is 18.2 Å². The van der Waals surface area contributed by atoms with Gasteiger partial charge in [-0.3, -0.25) is 9.59 Å². The van der Waals surface area contributed by atoms with E-state index >= 15 is 0 Å². The number of halogens is 1. The third-order valence-electron chi connectivity index (χ3n) is 9.18. The molecule has 2 saturated carbocycles. The van der Waals surface area contributed by atoms with Crippen LogP contribution in [0.2, 0.25) is 0 Å². The molecule has 3 aliphatic carbocycles. The van der Waals surface area contributed by atoms with Crippen LogP contribution in [0.1, 0.15) is 49.1 Å². The van der Waals surface area contributed by atoms with Crippen LogP contribution in [-0.2, 0) is 16.1 Å². The lowest BCUT2D eigenvalue weighted by atomic mass is 9.77. The molecular formula is C31H35FN2O5. The van der Waals surface area contributed by atoms with Gasteiger partial charge in [-0.05, 0) is 55.2 Å². The standard InChI is InChI=1S/C31H35FN2O5/c32-24-7-3-1-5-20(24)17-34(27(36)15-21-14-18-9-10-19(21)13-18)25-16-23(31(38)33-11-12-35)28-22-6-2-4-8-26(22)39-30(28)29(25)37/h1-8,16,18-19,21,25,28-30,35,37H,9-15,17H2,(H,33,38)/t18?,19?,21?,25-,28+,29+,30+/m1/s1. The average molecular weight is 535 g/mol. The zero-order chi connectivity index (χ0) is 27.1. The van der Waals surface area contributed by atoms with Crippen molar-refractivity contribution in [3.63, 3.8) is 0 Å². The minimum Gasteiger partial charge on any atom is -0.486 e. The number of hydrogen-bond donors (Lipinski definition) is 3. The number of rotatable bonds is 8. The first-order valence-corrected chi connectivity index (χ1v) is 14.0. The summed E-state index contributed by atoms with van der Waals surface area (Å²) in [5, 5.41) is 23.7. The van der Waals surface area contributed by atoms with E-state index < -0.39 is 30.0 Å². The normalized spacial score (nSPS) is 30.2. The van der Waals surface area contributed by atoms with E-state index in [1.165, 1.54) is 23.8 Å². The molecule has 4 aliphatic rings. The first-order chi connectivity index (χ1) is 18.9. The summed E-state index contributed by atoms with van der Waals surface area (Å²) >= 11 is 0. The molecule has 2 aromatic carbocycles. The van der Waals surface area contributed by atoms with Gasteiger partial charge in [0.15, 0.2) is 0 Å². The predicted molar refractivity (Wildman–Crippen MR) is 142 cm³/mol. The highest BCUT2D eigenvalue weighted by molar-refractivity contribution is 5.96. The molecule has 206 valence electrons. The first kappa shape index (κ1) is 26.0. The fraction of sp³-hybridized carbons (Fsp3) is 0.484. The maximum Gasteiger partial charge on any atom is 0.247 e. The summed E-state index contributed by atoms with van der Waals surface area (Å²) in [6, 6.07) is 12.8. The summed E-state index contributed by atoms with van der Waals surface area (Å²) in [7, 11) is 0. The van der Waals surface area contributed by atoms with Crippen LogP contribution < -0.4 is 10.1 Å². The Bertz CT molecular complexity index is 1280. The smallest absolute Gasteiger partial charge is 0.247 e. The molecule has 3 unspecified atom stereocenters. The summed E-state index contributed by atoms with van der Waals surface area (Å²) in [5.41, 5.74) is 1.52. The van der Waals surface area contributed by atoms with Crippen molar-refractivity contribution in [2.24, 2.45) is 17.8 Å². The van der Waals surface area contributed by atoms with E-state index in [1.54, 1.807) is 30.3 Å². The van der Waals surface area contributed by atoms with Crippen molar-refractivity contribution >= 4 is 11.8 Å². The molecule has 0 saturated heterocycles. The molecule has 0 aromatic heterocycles. The van der Waals surface area contributed by atoms with E-state index in [-0.39, 0.29) is 37.4 Å². The average Bonchev–Trinajstić information content (AvgIpc) is 3.67. The second kappa shape index (κ2) is 10.7. The maximum absolute atomic E-state index is 14.8. The van der Waals surface area contributed by atoms with Gasteiger partial charge in [0.25, 0.3) is 0 Å². The Morgan fingerprint density at radius 3 is 2.62 bits per heavy atom. The van der Waals surface area contributed by atoms with Gasteiger partial charge in [0.2, 0.25) is 11.8 Å². The lowest BCUT2D eigenvalue weighted by Crippen LogP contribution is -2.55.